The number of aromatic nitrogens is 2. The van der Waals surface area contributed by atoms with Crippen molar-refractivity contribution in [1.29, 1.82) is 0 Å². The first-order valence-electron chi connectivity index (χ1n) is 10.4. The molecule has 0 aliphatic carbocycles. The molecule has 1 aliphatic rings. The van der Waals surface area contributed by atoms with Gasteiger partial charge in [0.05, 0.1) is 32.1 Å². The molecular formula is C24H27N3O4. The zero-order valence-corrected chi connectivity index (χ0v) is 18.1. The van der Waals surface area contributed by atoms with Gasteiger partial charge in [-0.05, 0) is 24.1 Å². The van der Waals surface area contributed by atoms with Crippen LogP contribution in [0.5, 0.6) is 11.5 Å². The largest absolute Gasteiger partial charge is 0.493 e. The van der Waals surface area contributed by atoms with Crippen molar-refractivity contribution in [2.24, 2.45) is 0 Å². The van der Waals surface area contributed by atoms with Crippen molar-refractivity contribution in [2.45, 2.75) is 19.4 Å². The molecule has 0 saturated carbocycles. The number of benzene rings is 2. The van der Waals surface area contributed by atoms with E-state index in [9.17, 15) is 4.79 Å². The van der Waals surface area contributed by atoms with Crippen molar-refractivity contribution in [2.75, 3.05) is 34.0 Å². The molecule has 0 radical (unpaired) electrons. The Bertz CT molecular complexity index is 1050. The van der Waals surface area contributed by atoms with Crippen LogP contribution in [-0.2, 0) is 4.74 Å². The molecule has 3 aromatic rings. The van der Waals surface area contributed by atoms with Crippen molar-refractivity contribution in [1.82, 2.24) is 15.1 Å². The number of hydrogen-bond acceptors (Lipinski definition) is 5. The van der Waals surface area contributed by atoms with Crippen LogP contribution in [0.2, 0.25) is 0 Å². The molecule has 2 aromatic carbocycles. The second-order valence-electron chi connectivity index (χ2n) is 7.38. The number of carbonyl (C=O) groups excluding carboxylic acids is 1. The Morgan fingerprint density at radius 1 is 1.06 bits per heavy atom. The van der Waals surface area contributed by atoms with Gasteiger partial charge < -0.3 is 19.1 Å². The second kappa shape index (κ2) is 9.22. The maximum atomic E-state index is 13.2. The Balaban J connectivity index is 1.81. The molecule has 1 atom stereocenters. The third-order valence-electron chi connectivity index (χ3n) is 5.41. The van der Waals surface area contributed by atoms with Gasteiger partial charge in [-0.3, -0.25) is 9.89 Å². The molecule has 0 bridgehead atoms. The molecule has 0 fully saturated rings. The molecule has 2 heterocycles. The zero-order valence-electron chi connectivity index (χ0n) is 18.1. The summed E-state index contributed by atoms with van der Waals surface area (Å²) in [6, 6.07) is 15.4. The second-order valence-corrected chi connectivity index (χ2v) is 7.38. The van der Waals surface area contributed by atoms with Gasteiger partial charge in [-0.15, -0.1) is 0 Å². The van der Waals surface area contributed by atoms with Gasteiger partial charge in [0.15, 0.2) is 11.5 Å². The predicted octanol–water partition coefficient (Wildman–Crippen LogP) is 4.07. The van der Waals surface area contributed by atoms with E-state index < -0.39 is 0 Å². The lowest BCUT2D eigenvalue weighted by atomic mass is 9.95. The third-order valence-corrected chi connectivity index (χ3v) is 5.41. The highest BCUT2D eigenvalue weighted by Gasteiger charge is 2.42. The molecule has 1 aliphatic heterocycles. The fourth-order valence-corrected chi connectivity index (χ4v) is 3.97. The van der Waals surface area contributed by atoms with Gasteiger partial charge in [0.25, 0.3) is 5.91 Å². The van der Waals surface area contributed by atoms with E-state index in [2.05, 4.69) is 17.1 Å². The van der Waals surface area contributed by atoms with E-state index in [-0.39, 0.29) is 11.9 Å². The average Bonchev–Trinajstić information content (AvgIpc) is 3.35. The fraction of sp³-hybridized carbons (Fsp3) is 0.333. The number of hydrogen-bond donors (Lipinski definition) is 1. The molecule has 7 heteroatoms. The zero-order chi connectivity index (χ0) is 21.8. The highest BCUT2D eigenvalue weighted by atomic mass is 16.5. The van der Waals surface area contributed by atoms with Gasteiger partial charge in [-0.1, -0.05) is 43.3 Å². The topological polar surface area (TPSA) is 76.7 Å². The minimum atomic E-state index is -0.305. The minimum Gasteiger partial charge on any atom is -0.493 e. The molecule has 0 saturated heterocycles. The predicted molar refractivity (Wildman–Crippen MR) is 118 cm³/mol. The number of methoxy groups -OCH3 is 2. The lowest BCUT2D eigenvalue weighted by Gasteiger charge is -2.26. The average molecular weight is 421 g/mol. The Kier molecular flexibility index (Phi) is 6.23. The highest BCUT2D eigenvalue weighted by molar-refractivity contribution is 6.00. The number of H-pyrrole nitrogens is 1. The number of fused-ring (bicyclic) bond motifs is 1. The standard InChI is InChI=1S/C24H27N3O4/c1-4-13-31-18-11-10-17(15-19(18)30-3)23-20-21(16-8-6-5-7-9-16)25-26-22(20)24(28)27(23)12-14-29-2/h5-11,15,23H,4,12-14H2,1-3H3,(H,25,26). The summed E-state index contributed by atoms with van der Waals surface area (Å²) in [7, 11) is 3.26. The number of carbonyl (C=O) groups is 1. The van der Waals surface area contributed by atoms with Crippen LogP contribution in [0.3, 0.4) is 0 Å². The van der Waals surface area contributed by atoms with Crippen LogP contribution in [0.25, 0.3) is 11.3 Å². The first-order valence-corrected chi connectivity index (χ1v) is 10.4. The summed E-state index contributed by atoms with van der Waals surface area (Å²) < 4.78 is 16.7. The van der Waals surface area contributed by atoms with Crippen LogP contribution in [0.15, 0.2) is 48.5 Å². The summed E-state index contributed by atoms with van der Waals surface area (Å²) >= 11 is 0. The van der Waals surface area contributed by atoms with E-state index >= 15 is 0 Å². The van der Waals surface area contributed by atoms with Gasteiger partial charge in [-0.25, -0.2) is 0 Å². The molecule has 1 unspecified atom stereocenters. The molecule has 0 spiro atoms. The minimum absolute atomic E-state index is 0.0861. The summed E-state index contributed by atoms with van der Waals surface area (Å²) in [5.74, 6) is 1.25. The Morgan fingerprint density at radius 2 is 1.87 bits per heavy atom. The lowest BCUT2D eigenvalue weighted by molar-refractivity contribution is 0.0677. The third kappa shape index (κ3) is 3.88. The van der Waals surface area contributed by atoms with Crippen LogP contribution in [-0.4, -0.2) is 55.0 Å². The van der Waals surface area contributed by atoms with Gasteiger partial charge in [-0.2, -0.15) is 5.10 Å². The molecule has 1 aromatic heterocycles. The monoisotopic (exact) mass is 421 g/mol. The van der Waals surface area contributed by atoms with E-state index in [1.807, 2.05) is 53.4 Å². The molecule has 31 heavy (non-hydrogen) atoms. The molecule has 7 nitrogen and oxygen atoms in total. The van der Waals surface area contributed by atoms with Crippen LogP contribution in [0.1, 0.15) is 41.0 Å². The summed E-state index contributed by atoms with van der Waals surface area (Å²) in [6.07, 6.45) is 0.908. The van der Waals surface area contributed by atoms with Gasteiger partial charge in [0, 0.05) is 24.8 Å². The summed E-state index contributed by atoms with van der Waals surface area (Å²) in [5, 5.41) is 7.46. The van der Waals surface area contributed by atoms with Crippen molar-refractivity contribution in [3.63, 3.8) is 0 Å². The van der Waals surface area contributed by atoms with E-state index in [0.29, 0.717) is 37.0 Å². The van der Waals surface area contributed by atoms with Crippen molar-refractivity contribution < 1.29 is 19.0 Å². The molecule has 1 N–H and O–H groups in total. The summed E-state index contributed by atoms with van der Waals surface area (Å²) in [5.41, 5.74) is 4.06. The SMILES string of the molecule is CCCOc1ccc(C2c3c(-c4ccccc4)n[nH]c3C(=O)N2CCOC)cc1OC. The van der Waals surface area contributed by atoms with Crippen LogP contribution in [0.4, 0.5) is 0 Å². The number of aromatic amines is 1. The maximum Gasteiger partial charge on any atom is 0.273 e. The summed E-state index contributed by atoms with van der Waals surface area (Å²) in [4.78, 5) is 15.1. The van der Waals surface area contributed by atoms with Crippen molar-refractivity contribution in [3.8, 4) is 22.8 Å². The fourth-order valence-electron chi connectivity index (χ4n) is 3.97. The van der Waals surface area contributed by atoms with Gasteiger partial charge in [0.2, 0.25) is 0 Å². The summed E-state index contributed by atoms with van der Waals surface area (Å²) in [6.45, 7) is 3.58. The number of nitrogens with zero attached hydrogens (tertiary/aromatic N) is 2. The highest BCUT2D eigenvalue weighted by Crippen LogP contribution is 2.44. The van der Waals surface area contributed by atoms with Crippen molar-refractivity contribution >= 4 is 5.91 Å². The first kappa shape index (κ1) is 20.9. The van der Waals surface area contributed by atoms with Crippen LogP contribution >= 0.6 is 0 Å². The van der Waals surface area contributed by atoms with Crippen LogP contribution < -0.4 is 9.47 Å². The number of amides is 1. The molecular weight excluding hydrogens is 394 g/mol. The lowest BCUT2D eigenvalue weighted by Crippen LogP contribution is -2.32. The smallest absolute Gasteiger partial charge is 0.273 e. The first-order chi connectivity index (χ1) is 15.2. The van der Waals surface area contributed by atoms with Gasteiger partial charge >= 0.3 is 0 Å². The quantitative estimate of drug-likeness (QED) is 0.564. The van der Waals surface area contributed by atoms with E-state index in [1.54, 1.807) is 14.2 Å². The normalized spacial score (nSPS) is 15.3. The Morgan fingerprint density at radius 3 is 2.58 bits per heavy atom. The van der Waals surface area contributed by atoms with E-state index in [4.69, 9.17) is 14.2 Å². The van der Waals surface area contributed by atoms with E-state index in [0.717, 1.165) is 28.8 Å². The van der Waals surface area contributed by atoms with Crippen LogP contribution in [0, 0.1) is 0 Å². The van der Waals surface area contributed by atoms with E-state index in [1.165, 1.54) is 0 Å². The molecule has 162 valence electrons. The Hall–Kier alpha value is -3.32. The van der Waals surface area contributed by atoms with Gasteiger partial charge in [0.1, 0.15) is 5.69 Å². The number of rotatable bonds is 9. The number of ether oxygens (including phenoxy) is 3. The molecule has 1 amide bonds. The maximum absolute atomic E-state index is 13.2. The number of nitrogens with one attached hydrogen (secondary N) is 1. The van der Waals surface area contributed by atoms with Crippen molar-refractivity contribution in [3.05, 3.63) is 65.4 Å². The molecule has 4 rings (SSSR count). The Labute approximate surface area is 181 Å².